The topological polar surface area (TPSA) is 26.0 Å². The summed E-state index contributed by atoms with van der Waals surface area (Å²) < 4.78 is 0. The molecule has 4 heteroatoms. The van der Waals surface area contributed by atoms with E-state index in [1.165, 1.54) is 54.0 Å². The molecule has 8 saturated carbocycles. The van der Waals surface area contributed by atoms with Gasteiger partial charge < -0.3 is 5.73 Å². The van der Waals surface area contributed by atoms with Gasteiger partial charge in [0.2, 0.25) is 0 Å². The summed E-state index contributed by atoms with van der Waals surface area (Å²) >= 11 is 0. The van der Waals surface area contributed by atoms with Gasteiger partial charge in [0.05, 0.1) is 32.9 Å². The smallest absolute Gasteiger partial charge is 0.0793 e. The molecule has 290 valence electrons. The van der Waals surface area contributed by atoms with Crippen LogP contribution in [-0.4, -0.2) is 32.9 Å². The van der Waals surface area contributed by atoms with Crippen molar-refractivity contribution in [3.05, 3.63) is 54.6 Å². The molecule has 0 spiro atoms. The fourth-order valence-corrected chi connectivity index (χ4v) is 26.4. The number of hydrogen-bond donors (Lipinski definition) is 1. The van der Waals surface area contributed by atoms with Crippen molar-refractivity contribution in [2.75, 3.05) is 5.73 Å². The summed E-state index contributed by atoms with van der Waals surface area (Å²) in [6.45, 7) is 9.75. The van der Waals surface area contributed by atoms with Gasteiger partial charge in [0, 0.05) is 36.3 Å². The molecular weight excluding hydrogens is 759 g/mol. The molecule has 8 unspecified atom stereocenters. The number of nitrogens with two attached hydrogens (primary N) is 1. The zero-order valence-corrected chi connectivity index (χ0v) is 37.0. The first kappa shape index (κ1) is 40.0. The summed E-state index contributed by atoms with van der Waals surface area (Å²) in [4.78, 5) is 0. The van der Waals surface area contributed by atoms with Crippen LogP contribution < -0.4 is 5.73 Å². The second kappa shape index (κ2) is 17.1. The van der Waals surface area contributed by atoms with E-state index >= 15 is 0 Å². The van der Waals surface area contributed by atoms with Crippen LogP contribution in [0.25, 0.3) is 11.1 Å². The zero-order valence-electron chi connectivity index (χ0n) is 33.4. The molecule has 8 aliphatic carbocycles. The molecule has 1 nitrogen and oxygen atoms in total. The van der Waals surface area contributed by atoms with Crippen LogP contribution in [-0.2, 0) is 20.4 Å². The van der Waals surface area contributed by atoms with Gasteiger partial charge in [0.25, 0.3) is 0 Å². The molecule has 10 rings (SSSR count). The Morgan fingerprint density at radius 1 is 0.596 bits per heavy atom. The average molecular weight is 833 g/mol. The van der Waals surface area contributed by atoms with Crippen molar-refractivity contribution in [1.29, 1.82) is 0 Å². The maximum atomic E-state index is 5.83. The minimum Gasteiger partial charge on any atom is -0.406 e. The standard InChI is InChI=1S/C25H39P.C12H10N.C11H23P.Pd/c1-2-4-23(3-1)26(24-11-17-5-7-19(13-24)21(9-17)15-24)25-12-18-6-8-20(14-25)22(10-18)16-25;13-12-9-5-4-8-11(12)10-6-2-1-3-7-10;1-9(2)12(10(3)4)11-7-5-6-8-11;/h17-23H,1-16H2;1-6,8-9H,13H2;9-11H,5-8H2,1-4H3;/q;-1;;/p+2. The van der Waals surface area contributed by atoms with E-state index in [-0.39, 0.29) is 36.3 Å². The van der Waals surface area contributed by atoms with Crippen LogP contribution in [0.15, 0.2) is 48.5 Å². The third-order valence-electron chi connectivity index (χ3n) is 16.5. The summed E-state index contributed by atoms with van der Waals surface area (Å²) in [5, 5.41) is 1.86. The Hall–Kier alpha value is -0.238. The Bertz CT molecular complexity index is 1370. The number of para-hydroxylation sites is 1. The van der Waals surface area contributed by atoms with Crippen LogP contribution in [0.5, 0.6) is 0 Å². The normalized spacial score (nSPS) is 36.4. The van der Waals surface area contributed by atoms with Crippen molar-refractivity contribution in [3.8, 4) is 11.1 Å². The van der Waals surface area contributed by atoms with Crippen LogP contribution in [0.2, 0.25) is 0 Å². The van der Waals surface area contributed by atoms with Crippen LogP contribution in [0.1, 0.15) is 156 Å². The largest absolute Gasteiger partial charge is 0.406 e. The third-order valence-corrected chi connectivity index (χ3v) is 25.6. The summed E-state index contributed by atoms with van der Waals surface area (Å²) in [5.41, 5.74) is 13.1. The number of rotatable bonds is 7. The van der Waals surface area contributed by atoms with Gasteiger partial charge in [-0.05, 0) is 191 Å². The molecule has 0 aromatic heterocycles. The quantitative estimate of drug-likeness (QED) is 0.128. The second-order valence-corrected chi connectivity index (χ2v) is 28.1. The molecule has 0 radical (unpaired) electrons. The van der Waals surface area contributed by atoms with E-state index in [0.717, 1.165) is 44.1 Å². The summed E-state index contributed by atoms with van der Waals surface area (Å²) in [5.74, 6) is 7.09. The molecule has 8 fully saturated rings. The maximum Gasteiger partial charge on any atom is 0.0793 e. The first-order valence-electron chi connectivity index (χ1n) is 22.3. The Morgan fingerprint density at radius 2 is 1.10 bits per heavy atom. The van der Waals surface area contributed by atoms with Gasteiger partial charge in [-0.15, -0.1) is 35.9 Å². The molecule has 6 bridgehead atoms. The van der Waals surface area contributed by atoms with E-state index in [9.17, 15) is 0 Å². The number of hydrogen-bond acceptors (Lipinski definition) is 1. The molecular formula is C48H74NP2Pd+. The van der Waals surface area contributed by atoms with Crippen LogP contribution in [0.3, 0.4) is 0 Å². The molecule has 0 amide bonds. The molecule has 8 aliphatic rings. The van der Waals surface area contributed by atoms with Gasteiger partial charge >= 0.3 is 0 Å². The van der Waals surface area contributed by atoms with Gasteiger partial charge in [-0.1, -0.05) is 36.6 Å². The van der Waals surface area contributed by atoms with Crippen molar-refractivity contribution >= 4 is 21.5 Å². The van der Waals surface area contributed by atoms with E-state index in [0.29, 0.717) is 0 Å². The minimum atomic E-state index is -0.211. The van der Waals surface area contributed by atoms with Crippen LogP contribution in [0, 0.1) is 41.6 Å². The number of nitrogen functional groups attached to an aromatic ring is 1. The van der Waals surface area contributed by atoms with Crippen LogP contribution >= 0.6 is 15.8 Å². The van der Waals surface area contributed by atoms with E-state index in [1.807, 2.05) is 48.5 Å². The number of anilines is 1. The van der Waals surface area contributed by atoms with Gasteiger partial charge in [-0.3, -0.25) is 0 Å². The Morgan fingerprint density at radius 3 is 1.60 bits per heavy atom. The minimum absolute atomic E-state index is 0. The molecule has 52 heavy (non-hydrogen) atoms. The van der Waals surface area contributed by atoms with Crippen LogP contribution in [0.4, 0.5) is 5.69 Å². The average Bonchev–Trinajstić information content (AvgIpc) is 3.89. The zero-order chi connectivity index (χ0) is 35.2. The SMILES string of the molecule is C1CCC([PH+](C23CC4CCC(C2)C(C4)C3)C23CC4CCC(C2)C(C4)C3)C1.CC(C)[PH+](C(C)C)C1CCCC1.Nc1ccccc1-c1[c-]cccc1.[Pd]. The van der Waals surface area contributed by atoms with E-state index in [2.05, 4.69) is 33.8 Å². The van der Waals surface area contributed by atoms with Gasteiger partial charge in [0.1, 0.15) is 0 Å². The number of fused-ring (bicyclic) bond motifs is 4. The van der Waals surface area contributed by atoms with Gasteiger partial charge in [0.15, 0.2) is 0 Å². The summed E-state index contributed by atoms with van der Waals surface area (Å²) in [6, 6.07) is 18.8. The maximum absolute atomic E-state index is 5.83. The molecule has 0 saturated heterocycles. The molecule has 0 aliphatic heterocycles. The predicted octanol–water partition coefficient (Wildman–Crippen LogP) is 13.8. The fraction of sp³-hybridized carbons (Fsp3) is 0.750. The Balaban J connectivity index is 0.000000137. The monoisotopic (exact) mass is 832 g/mol. The van der Waals surface area contributed by atoms with E-state index in [4.69, 9.17) is 5.73 Å². The summed E-state index contributed by atoms with van der Waals surface area (Å²) in [6.07, 6.45) is 32.9. The first-order chi connectivity index (χ1) is 24.7. The van der Waals surface area contributed by atoms with E-state index < -0.39 is 0 Å². The van der Waals surface area contributed by atoms with Crippen molar-refractivity contribution in [1.82, 2.24) is 0 Å². The van der Waals surface area contributed by atoms with Crippen molar-refractivity contribution < 1.29 is 20.4 Å². The van der Waals surface area contributed by atoms with Crippen molar-refractivity contribution in [3.63, 3.8) is 0 Å². The van der Waals surface area contributed by atoms with Crippen molar-refractivity contribution in [2.45, 2.75) is 189 Å². The van der Waals surface area contributed by atoms with E-state index in [1.54, 1.807) is 116 Å². The summed E-state index contributed by atoms with van der Waals surface area (Å²) in [7, 11) is -0.267. The Labute approximate surface area is 336 Å². The van der Waals surface area contributed by atoms with Gasteiger partial charge in [-0.25, -0.2) is 0 Å². The van der Waals surface area contributed by atoms with Crippen molar-refractivity contribution in [2.24, 2.45) is 35.5 Å². The first-order valence-corrected chi connectivity index (χ1v) is 25.6. The number of benzene rings is 2. The molecule has 0 heterocycles. The third kappa shape index (κ3) is 8.11. The Kier molecular flexibility index (Phi) is 13.1. The second-order valence-electron chi connectivity index (χ2n) is 20.2. The molecule has 2 aromatic rings. The molecule has 8 atom stereocenters. The fourth-order valence-electron chi connectivity index (χ4n) is 15.3. The molecule has 2 N–H and O–H groups in total. The predicted molar refractivity (Wildman–Crippen MR) is 228 cm³/mol. The van der Waals surface area contributed by atoms with Gasteiger partial charge in [-0.2, -0.15) is 0 Å². The molecule has 2 aromatic carbocycles.